The minimum absolute atomic E-state index is 0.0173. The van der Waals surface area contributed by atoms with Crippen LogP contribution >= 0.6 is 34.8 Å². The van der Waals surface area contributed by atoms with Gasteiger partial charge in [-0.25, -0.2) is 0 Å². The summed E-state index contributed by atoms with van der Waals surface area (Å²) in [6.45, 7) is 7.05. The molecule has 0 radical (unpaired) electrons. The molecule has 5 nitrogen and oxygen atoms in total. The van der Waals surface area contributed by atoms with E-state index in [1.54, 1.807) is 12.1 Å². The van der Waals surface area contributed by atoms with E-state index in [-0.39, 0.29) is 18.2 Å². The van der Waals surface area contributed by atoms with Gasteiger partial charge in [-0.15, -0.1) is 0 Å². The van der Waals surface area contributed by atoms with E-state index >= 15 is 0 Å². The SMILES string of the molecule is CCCN(CCCCC(=O)N1CCN(C2CCC2)CC1)C(=O)Cc1c(Cl)ccc(Cl)c1Cl. The van der Waals surface area contributed by atoms with E-state index in [2.05, 4.69) is 4.90 Å². The molecule has 2 amide bonds. The van der Waals surface area contributed by atoms with Crippen molar-refractivity contribution in [3.8, 4) is 0 Å². The van der Waals surface area contributed by atoms with Crippen molar-refractivity contribution < 1.29 is 9.59 Å². The highest BCUT2D eigenvalue weighted by molar-refractivity contribution is 6.44. The molecule has 0 bridgehead atoms. The molecule has 0 spiro atoms. The Labute approximate surface area is 207 Å². The molecule has 0 atom stereocenters. The molecule has 2 fully saturated rings. The number of halogens is 3. The molecular formula is C24H34Cl3N3O2. The molecule has 1 saturated carbocycles. The molecule has 0 unspecified atom stereocenters. The zero-order valence-corrected chi connectivity index (χ0v) is 21.2. The first-order chi connectivity index (χ1) is 15.4. The first-order valence-corrected chi connectivity index (χ1v) is 13.0. The second kappa shape index (κ2) is 12.5. The number of benzene rings is 1. The van der Waals surface area contributed by atoms with Gasteiger partial charge in [0.1, 0.15) is 0 Å². The number of carbonyl (C=O) groups excluding carboxylic acids is 2. The average molecular weight is 503 g/mol. The topological polar surface area (TPSA) is 43.9 Å². The molecule has 1 aliphatic carbocycles. The van der Waals surface area contributed by atoms with Crippen molar-refractivity contribution in [2.24, 2.45) is 0 Å². The van der Waals surface area contributed by atoms with E-state index in [0.29, 0.717) is 40.1 Å². The lowest BCUT2D eigenvalue weighted by molar-refractivity contribution is -0.133. The van der Waals surface area contributed by atoms with E-state index in [1.807, 2.05) is 16.7 Å². The molecule has 1 saturated heterocycles. The summed E-state index contributed by atoms with van der Waals surface area (Å²) in [5.74, 6) is 0.223. The second-order valence-electron chi connectivity index (χ2n) is 8.84. The fourth-order valence-corrected chi connectivity index (χ4v) is 5.13. The smallest absolute Gasteiger partial charge is 0.227 e. The lowest BCUT2D eigenvalue weighted by atomic mass is 9.91. The van der Waals surface area contributed by atoms with Crippen molar-refractivity contribution in [3.05, 3.63) is 32.8 Å². The molecule has 1 aromatic carbocycles. The number of hydrogen-bond acceptors (Lipinski definition) is 3. The Morgan fingerprint density at radius 1 is 1.00 bits per heavy atom. The van der Waals surface area contributed by atoms with Crippen LogP contribution in [0.25, 0.3) is 0 Å². The molecule has 8 heteroatoms. The van der Waals surface area contributed by atoms with Crippen molar-refractivity contribution >= 4 is 46.6 Å². The summed E-state index contributed by atoms with van der Waals surface area (Å²) in [5.41, 5.74) is 0.572. The van der Waals surface area contributed by atoms with Gasteiger partial charge in [0.25, 0.3) is 0 Å². The maximum atomic E-state index is 12.9. The summed E-state index contributed by atoms with van der Waals surface area (Å²) in [6.07, 6.45) is 7.11. The van der Waals surface area contributed by atoms with Crippen LogP contribution in [-0.2, 0) is 16.0 Å². The lowest BCUT2D eigenvalue weighted by Crippen LogP contribution is -2.53. The van der Waals surface area contributed by atoms with Crippen LogP contribution in [0, 0.1) is 0 Å². The molecule has 32 heavy (non-hydrogen) atoms. The summed E-state index contributed by atoms with van der Waals surface area (Å²) in [5, 5.41) is 1.19. The number of carbonyl (C=O) groups is 2. The lowest BCUT2D eigenvalue weighted by Gasteiger charge is -2.43. The highest BCUT2D eigenvalue weighted by atomic mass is 35.5. The largest absolute Gasteiger partial charge is 0.342 e. The fourth-order valence-electron chi connectivity index (χ4n) is 4.45. The van der Waals surface area contributed by atoms with Crippen LogP contribution < -0.4 is 0 Å². The Morgan fingerprint density at radius 3 is 2.31 bits per heavy atom. The van der Waals surface area contributed by atoms with Gasteiger partial charge >= 0.3 is 0 Å². The van der Waals surface area contributed by atoms with Crippen LogP contribution in [-0.4, -0.2) is 71.8 Å². The number of unbranched alkanes of at least 4 members (excludes halogenated alkanes) is 1. The number of amides is 2. The zero-order valence-electron chi connectivity index (χ0n) is 18.9. The summed E-state index contributed by atoms with van der Waals surface area (Å²) >= 11 is 18.6. The van der Waals surface area contributed by atoms with E-state index in [9.17, 15) is 9.59 Å². The minimum Gasteiger partial charge on any atom is -0.342 e. The highest BCUT2D eigenvalue weighted by Gasteiger charge is 2.29. The monoisotopic (exact) mass is 501 g/mol. The van der Waals surface area contributed by atoms with Gasteiger partial charge in [0, 0.05) is 62.3 Å². The van der Waals surface area contributed by atoms with Gasteiger partial charge in [0.2, 0.25) is 11.8 Å². The van der Waals surface area contributed by atoms with Crippen LogP contribution in [0.4, 0.5) is 0 Å². The molecular weight excluding hydrogens is 469 g/mol. The summed E-state index contributed by atoms with van der Waals surface area (Å²) in [6, 6.07) is 4.06. The molecule has 1 aromatic rings. The Kier molecular flexibility index (Phi) is 9.97. The van der Waals surface area contributed by atoms with Crippen LogP contribution in [0.15, 0.2) is 12.1 Å². The van der Waals surface area contributed by atoms with Crippen LogP contribution in [0.3, 0.4) is 0 Å². The van der Waals surface area contributed by atoms with E-state index < -0.39 is 0 Å². The molecule has 1 aliphatic heterocycles. The van der Waals surface area contributed by atoms with Crippen LogP contribution in [0.5, 0.6) is 0 Å². The highest BCUT2D eigenvalue weighted by Crippen LogP contribution is 2.32. The van der Waals surface area contributed by atoms with Crippen molar-refractivity contribution in [1.29, 1.82) is 0 Å². The average Bonchev–Trinajstić information content (AvgIpc) is 2.75. The van der Waals surface area contributed by atoms with Gasteiger partial charge in [-0.05, 0) is 44.2 Å². The number of piperazine rings is 1. The van der Waals surface area contributed by atoms with Gasteiger partial charge in [0.05, 0.1) is 16.5 Å². The maximum absolute atomic E-state index is 12.9. The Balaban J connectivity index is 1.41. The summed E-state index contributed by atoms with van der Waals surface area (Å²) in [4.78, 5) is 31.9. The molecule has 3 rings (SSSR count). The first-order valence-electron chi connectivity index (χ1n) is 11.8. The van der Waals surface area contributed by atoms with Gasteiger partial charge < -0.3 is 9.80 Å². The second-order valence-corrected chi connectivity index (χ2v) is 10.0. The number of rotatable bonds is 10. The zero-order chi connectivity index (χ0) is 23.1. The van der Waals surface area contributed by atoms with Gasteiger partial charge in [-0.2, -0.15) is 0 Å². The van der Waals surface area contributed by atoms with Crippen molar-refractivity contribution in [1.82, 2.24) is 14.7 Å². The molecule has 2 aliphatic rings. The minimum atomic E-state index is -0.0173. The predicted molar refractivity (Wildman–Crippen MR) is 132 cm³/mol. The number of nitrogens with zero attached hydrogens (tertiary/aromatic N) is 3. The molecule has 0 aromatic heterocycles. The molecule has 0 N–H and O–H groups in total. The van der Waals surface area contributed by atoms with Crippen LogP contribution in [0.2, 0.25) is 15.1 Å². The van der Waals surface area contributed by atoms with Crippen molar-refractivity contribution in [3.63, 3.8) is 0 Å². The first kappa shape index (κ1) is 25.6. The molecule has 178 valence electrons. The van der Waals surface area contributed by atoms with E-state index in [1.165, 1.54) is 19.3 Å². The predicted octanol–water partition coefficient (Wildman–Crippen LogP) is 5.29. The summed E-state index contributed by atoms with van der Waals surface area (Å²) in [7, 11) is 0. The Hall–Kier alpha value is -1.01. The van der Waals surface area contributed by atoms with Gasteiger partial charge in [0.15, 0.2) is 0 Å². The van der Waals surface area contributed by atoms with Crippen molar-refractivity contribution in [2.45, 2.75) is 64.3 Å². The van der Waals surface area contributed by atoms with E-state index in [0.717, 1.165) is 51.5 Å². The normalized spacial score (nSPS) is 17.3. The van der Waals surface area contributed by atoms with Gasteiger partial charge in [-0.3, -0.25) is 14.5 Å². The van der Waals surface area contributed by atoms with Crippen molar-refractivity contribution in [2.75, 3.05) is 39.3 Å². The fraction of sp³-hybridized carbons (Fsp3) is 0.667. The standard InChI is InChI=1S/C24H34Cl3N3O2/c1-2-11-29(23(32)17-19-20(25)9-10-21(26)24(19)27)12-4-3-8-22(31)30-15-13-28(14-16-30)18-6-5-7-18/h9-10,18H,2-8,11-17H2,1H3. The maximum Gasteiger partial charge on any atom is 0.227 e. The third-order valence-electron chi connectivity index (χ3n) is 6.64. The Morgan fingerprint density at radius 2 is 1.69 bits per heavy atom. The van der Waals surface area contributed by atoms with Crippen LogP contribution in [0.1, 0.15) is 57.4 Å². The third kappa shape index (κ3) is 6.75. The quantitative estimate of drug-likeness (QED) is 0.322. The number of hydrogen-bond donors (Lipinski definition) is 0. The molecule has 1 heterocycles. The Bertz CT molecular complexity index is 793. The van der Waals surface area contributed by atoms with E-state index in [4.69, 9.17) is 34.8 Å². The third-order valence-corrected chi connectivity index (χ3v) is 7.84. The summed E-state index contributed by atoms with van der Waals surface area (Å²) < 4.78 is 0. The van der Waals surface area contributed by atoms with Gasteiger partial charge in [-0.1, -0.05) is 48.1 Å².